The van der Waals surface area contributed by atoms with Crippen LogP contribution in [0, 0.1) is 57.7 Å². The summed E-state index contributed by atoms with van der Waals surface area (Å²) in [5.41, 5.74) is -1.30. The first-order chi connectivity index (χ1) is 16.3. The van der Waals surface area contributed by atoms with Gasteiger partial charge in [-0.25, -0.2) is 0 Å². The van der Waals surface area contributed by atoms with E-state index < -0.39 is 29.3 Å². The van der Waals surface area contributed by atoms with Crippen molar-refractivity contribution in [2.75, 3.05) is 6.61 Å². The molecule has 4 saturated carbocycles. The maximum atomic E-state index is 12.4. The van der Waals surface area contributed by atoms with Crippen molar-refractivity contribution < 1.29 is 25.5 Å². The summed E-state index contributed by atoms with van der Waals surface area (Å²) < 4.78 is 0. The quantitative estimate of drug-likeness (QED) is 0.376. The van der Waals surface area contributed by atoms with Gasteiger partial charge in [0, 0.05) is 18.4 Å². The van der Waals surface area contributed by atoms with Gasteiger partial charge in [0.2, 0.25) is 0 Å². The number of allylic oxidation sites excluding steroid dienone is 1. The van der Waals surface area contributed by atoms with Crippen LogP contribution in [0.25, 0.3) is 0 Å². The molecule has 13 atom stereocenters. The highest BCUT2D eigenvalue weighted by Crippen LogP contribution is 2.72. The van der Waals surface area contributed by atoms with E-state index in [9.17, 15) is 25.5 Å². The van der Waals surface area contributed by atoms with Crippen LogP contribution in [0.1, 0.15) is 86.5 Å². The minimum absolute atomic E-state index is 0.126. The fourth-order valence-electron chi connectivity index (χ4n) is 10.4. The fourth-order valence-corrected chi connectivity index (χ4v) is 10.4. The molecule has 4 fully saturated rings. The predicted molar refractivity (Wildman–Crippen MR) is 136 cm³/mol. The van der Waals surface area contributed by atoms with E-state index >= 15 is 0 Å². The fraction of sp³-hybridized carbons (Fsp3) is 0.933. The summed E-state index contributed by atoms with van der Waals surface area (Å²) in [4.78, 5) is 0. The summed E-state index contributed by atoms with van der Waals surface area (Å²) in [6.45, 7) is 13.8. The molecular weight excluding hydrogens is 440 g/mol. The van der Waals surface area contributed by atoms with Crippen LogP contribution in [0.4, 0.5) is 0 Å². The van der Waals surface area contributed by atoms with Gasteiger partial charge in [0.25, 0.3) is 0 Å². The number of aliphatic hydroxyl groups excluding tert-OH is 4. The van der Waals surface area contributed by atoms with Gasteiger partial charge in [-0.1, -0.05) is 53.2 Å². The number of hydrogen-bond acceptors (Lipinski definition) is 5. The second-order valence-electron chi connectivity index (χ2n) is 14.4. The molecule has 0 aliphatic heterocycles. The molecular formula is C30H50O5. The van der Waals surface area contributed by atoms with Crippen molar-refractivity contribution >= 4 is 0 Å². The van der Waals surface area contributed by atoms with Crippen molar-refractivity contribution in [2.24, 2.45) is 57.7 Å². The van der Waals surface area contributed by atoms with E-state index in [0.717, 1.165) is 18.4 Å². The minimum Gasteiger partial charge on any atom is -0.396 e. The Morgan fingerprint density at radius 3 is 2.26 bits per heavy atom. The Balaban J connectivity index is 1.47. The van der Waals surface area contributed by atoms with Crippen molar-refractivity contribution in [3.63, 3.8) is 0 Å². The molecule has 0 bridgehead atoms. The van der Waals surface area contributed by atoms with E-state index in [2.05, 4.69) is 40.7 Å². The molecule has 0 radical (unpaired) electrons. The molecule has 5 nitrogen and oxygen atoms in total. The summed E-state index contributed by atoms with van der Waals surface area (Å²) in [5.74, 6) is 2.43. The Labute approximate surface area is 212 Å². The average Bonchev–Trinajstić information content (AvgIpc) is 3.35. The molecule has 0 aromatic heterocycles. The summed E-state index contributed by atoms with van der Waals surface area (Å²) >= 11 is 0. The van der Waals surface area contributed by atoms with Crippen molar-refractivity contribution in [1.82, 2.24) is 0 Å². The number of aliphatic hydroxyl groups is 5. The Morgan fingerprint density at radius 1 is 0.943 bits per heavy atom. The summed E-state index contributed by atoms with van der Waals surface area (Å²) in [7, 11) is 0. The van der Waals surface area contributed by atoms with E-state index in [4.69, 9.17) is 0 Å². The second-order valence-corrected chi connectivity index (χ2v) is 14.4. The third-order valence-corrected chi connectivity index (χ3v) is 13.0. The molecule has 0 aromatic rings. The van der Waals surface area contributed by atoms with E-state index in [1.54, 1.807) is 0 Å². The monoisotopic (exact) mass is 490 g/mol. The largest absolute Gasteiger partial charge is 0.396 e. The Bertz CT molecular complexity index is 871. The van der Waals surface area contributed by atoms with Gasteiger partial charge in [-0.15, -0.1) is 0 Å². The lowest BCUT2D eigenvalue weighted by atomic mass is 9.43. The van der Waals surface area contributed by atoms with Gasteiger partial charge in [0.15, 0.2) is 0 Å². The van der Waals surface area contributed by atoms with Crippen LogP contribution >= 0.6 is 0 Å². The van der Waals surface area contributed by atoms with E-state index in [-0.39, 0.29) is 41.6 Å². The molecule has 5 aliphatic carbocycles. The maximum absolute atomic E-state index is 12.4. The van der Waals surface area contributed by atoms with Crippen molar-refractivity contribution in [3.05, 3.63) is 11.6 Å². The number of fused-ring (bicyclic) bond motifs is 5. The zero-order valence-corrected chi connectivity index (χ0v) is 22.7. The topological polar surface area (TPSA) is 101 Å². The molecule has 0 amide bonds. The highest BCUT2D eigenvalue weighted by atomic mass is 16.3. The van der Waals surface area contributed by atoms with Crippen LogP contribution < -0.4 is 0 Å². The molecule has 5 N–H and O–H groups in total. The van der Waals surface area contributed by atoms with Crippen LogP contribution in [-0.4, -0.2) is 56.1 Å². The van der Waals surface area contributed by atoms with Gasteiger partial charge in [-0.3, -0.25) is 0 Å². The lowest BCUT2D eigenvalue weighted by Gasteiger charge is -2.65. The van der Waals surface area contributed by atoms with Crippen LogP contribution in [0.15, 0.2) is 11.6 Å². The minimum atomic E-state index is -1.40. The van der Waals surface area contributed by atoms with E-state index in [1.165, 1.54) is 6.42 Å². The third-order valence-electron chi connectivity index (χ3n) is 13.0. The molecule has 0 heterocycles. The van der Waals surface area contributed by atoms with Gasteiger partial charge in [0.1, 0.15) is 5.60 Å². The molecule has 0 aromatic carbocycles. The number of hydrogen-bond donors (Lipinski definition) is 5. The molecule has 5 aliphatic rings. The second kappa shape index (κ2) is 8.27. The van der Waals surface area contributed by atoms with Crippen LogP contribution in [0.5, 0.6) is 0 Å². The summed E-state index contributed by atoms with van der Waals surface area (Å²) in [6, 6.07) is 0. The van der Waals surface area contributed by atoms with Gasteiger partial charge in [0.05, 0.1) is 18.3 Å². The molecule has 5 heteroatoms. The highest BCUT2D eigenvalue weighted by molar-refractivity contribution is 5.34. The summed E-state index contributed by atoms with van der Waals surface area (Å²) in [6.07, 6.45) is 4.82. The first-order valence-corrected chi connectivity index (χ1v) is 14.3. The lowest BCUT2D eigenvalue weighted by Crippen LogP contribution is -2.72. The zero-order chi connectivity index (χ0) is 25.7. The van der Waals surface area contributed by atoms with Crippen molar-refractivity contribution in [2.45, 2.75) is 110 Å². The molecule has 2 unspecified atom stereocenters. The van der Waals surface area contributed by atoms with Crippen LogP contribution in [0.2, 0.25) is 0 Å². The molecule has 35 heavy (non-hydrogen) atoms. The highest BCUT2D eigenvalue weighted by Gasteiger charge is 2.72. The van der Waals surface area contributed by atoms with E-state index in [0.29, 0.717) is 42.9 Å². The van der Waals surface area contributed by atoms with Crippen LogP contribution in [-0.2, 0) is 0 Å². The first kappa shape index (κ1) is 26.2. The standard InChI is InChI=1S/C30H50O5/c1-16(2)17(3)27(4)13-24(27)20(15-31)21-9-10-22-23-8-7-18-11-19(32)12-25(33)29(18,6)30(23,35)26(34)14-28(21,22)5/h7,16-17,19-26,31-35H,8-15H2,1-6H3/t17-,19-,20+,21-,22?,23?,24-,25-,26-,27-,28-,29-,30+/m1/s1. The van der Waals surface area contributed by atoms with Crippen molar-refractivity contribution in [1.29, 1.82) is 0 Å². The molecule has 5 rings (SSSR count). The summed E-state index contributed by atoms with van der Waals surface area (Å²) in [5, 5.41) is 56.3. The molecule has 0 spiro atoms. The van der Waals surface area contributed by atoms with Crippen LogP contribution in [0.3, 0.4) is 0 Å². The SMILES string of the molecule is CC(C)[C@@H](C)[C@@]1(C)C[C@@H]1[C@@H](CO)[C@H]1CCC2C3CC=C4C[C@@H](O)C[C@@H](O)[C@]4(C)[C@@]3(O)[C@H](O)C[C@@]21C. The first-order valence-electron chi connectivity index (χ1n) is 14.3. The Kier molecular flexibility index (Phi) is 6.18. The van der Waals surface area contributed by atoms with E-state index in [1.807, 2.05) is 6.92 Å². The predicted octanol–water partition coefficient (Wildman–Crippen LogP) is 3.91. The number of rotatable bonds is 5. The van der Waals surface area contributed by atoms with Gasteiger partial charge in [-0.2, -0.15) is 0 Å². The zero-order valence-electron chi connectivity index (χ0n) is 22.7. The smallest absolute Gasteiger partial charge is 0.105 e. The Morgan fingerprint density at radius 2 is 1.63 bits per heavy atom. The normalized spacial score (nSPS) is 55.0. The van der Waals surface area contributed by atoms with Gasteiger partial charge < -0.3 is 25.5 Å². The third kappa shape index (κ3) is 3.30. The lowest BCUT2D eigenvalue weighted by molar-refractivity contribution is -0.266. The Hall–Kier alpha value is -0.460. The molecule has 0 saturated heterocycles. The maximum Gasteiger partial charge on any atom is 0.105 e. The van der Waals surface area contributed by atoms with Crippen molar-refractivity contribution in [3.8, 4) is 0 Å². The van der Waals surface area contributed by atoms with Gasteiger partial charge in [-0.05, 0) is 90.8 Å². The van der Waals surface area contributed by atoms with Gasteiger partial charge >= 0.3 is 0 Å². The average molecular weight is 491 g/mol. The molecule has 200 valence electrons.